The van der Waals surface area contributed by atoms with Gasteiger partial charge in [-0.3, -0.25) is 0 Å². The van der Waals surface area contributed by atoms with Crippen LogP contribution in [0.2, 0.25) is 0 Å². The van der Waals surface area contributed by atoms with Crippen LogP contribution in [0.1, 0.15) is 12.5 Å². The molecule has 0 fully saturated rings. The Labute approximate surface area is 115 Å². The lowest BCUT2D eigenvalue weighted by molar-refractivity contribution is -0.388. The van der Waals surface area contributed by atoms with E-state index in [9.17, 15) is 14.5 Å². The van der Waals surface area contributed by atoms with E-state index in [-0.39, 0.29) is 17.7 Å². The molecule has 1 heterocycles. The van der Waals surface area contributed by atoms with Crippen molar-refractivity contribution in [2.45, 2.75) is 19.4 Å². The summed E-state index contributed by atoms with van der Waals surface area (Å²) in [5.41, 5.74) is 1.34. The van der Waals surface area contributed by atoms with E-state index in [4.69, 9.17) is 0 Å². The van der Waals surface area contributed by atoms with E-state index < -0.39 is 4.92 Å². The zero-order chi connectivity index (χ0) is 14.5. The fourth-order valence-corrected chi connectivity index (χ4v) is 1.95. The third-order valence-corrected chi connectivity index (χ3v) is 2.82. The van der Waals surface area contributed by atoms with Gasteiger partial charge >= 0.3 is 5.82 Å². The van der Waals surface area contributed by atoms with Crippen LogP contribution in [-0.2, 0) is 6.42 Å². The quantitative estimate of drug-likeness (QED) is 0.672. The largest absolute Gasteiger partial charge is 0.386 e. The number of nitro groups is 1. The average molecular weight is 275 g/mol. The van der Waals surface area contributed by atoms with Gasteiger partial charge in [0.15, 0.2) is 0 Å². The van der Waals surface area contributed by atoms with Gasteiger partial charge < -0.3 is 15.4 Å². The molecule has 0 aliphatic carbocycles. The van der Waals surface area contributed by atoms with Crippen LogP contribution in [-0.4, -0.2) is 15.9 Å². The van der Waals surface area contributed by atoms with E-state index in [2.05, 4.69) is 10.3 Å². The van der Waals surface area contributed by atoms with Crippen LogP contribution in [0.3, 0.4) is 0 Å². The zero-order valence-electron chi connectivity index (χ0n) is 10.9. The molecule has 6 heteroatoms. The number of aromatic nitrogens is 1. The molecule has 1 unspecified atom stereocenters. The fourth-order valence-electron chi connectivity index (χ4n) is 1.95. The lowest BCUT2D eigenvalue weighted by Crippen LogP contribution is -2.19. The maximum Gasteiger partial charge on any atom is 0.386 e. The second-order valence-electron chi connectivity index (χ2n) is 4.51. The number of hydrogen-bond donors (Lipinski definition) is 1. The summed E-state index contributed by atoms with van der Waals surface area (Å²) < 4.78 is 12.8. The number of benzene rings is 1. The summed E-state index contributed by atoms with van der Waals surface area (Å²) in [6, 6.07) is 9.41. The van der Waals surface area contributed by atoms with Gasteiger partial charge in [0, 0.05) is 6.04 Å². The first-order chi connectivity index (χ1) is 9.56. The van der Waals surface area contributed by atoms with Gasteiger partial charge in [-0.05, 0) is 53.1 Å². The topological polar surface area (TPSA) is 68.1 Å². The summed E-state index contributed by atoms with van der Waals surface area (Å²) in [6.45, 7) is 1.90. The molecule has 1 atom stereocenters. The number of rotatable bonds is 5. The minimum absolute atomic E-state index is 0.0386. The Morgan fingerprint density at radius 3 is 2.70 bits per heavy atom. The Balaban J connectivity index is 2.06. The molecule has 104 valence electrons. The van der Waals surface area contributed by atoms with Gasteiger partial charge in [0.05, 0.1) is 0 Å². The highest BCUT2D eigenvalue weighted by Gasteiger charge is 2.15. The molecule has 2 aromatic rings. The monoisotopic (exact) mass is 275 g/mol. The van der Waals surface area contributed by atoms with E-state index in [1.807, 2.05) is 6.92 Å². The van der Waals surface area contributed by atoms with Gasteiger partial charge in [0.25, 0.3) is 0 Å². The molecule has 0 radical (unpaired) electrons. The highest BCUT2D eigenvalue weighted by molar-refractivity contribution is 5.57. The van der Waals surface area contributed by atoms with Crippen molar-refractivity contribution in [2.24, 2.45) is 0 Å². The second kappa shape index (κ2) is 6.10. The van der Waals surface area contributed by atoms with Crippen molar-refractivity contribution in [2.75, 3.05) is 5.32 Å². The van der Waals surface area contributed by atoms with E-state index in [0.29, 0.717) is 12.1 Å². The summed E-state index contributed by atoms with van der Waals surface area (Å²) in [4.78, 5) is 14.1. The first-order valence-corrected chi connectivity index (χ1v) is 6.16. The van der Waals surface area contributed by atoms with Crippen molar-refractivity contribution in [1.29, 1.82) is 0 Å². The van der Waals surface area contributed by atoms with Crippen LogP contribution in [0, 0.1) is 15.9 Å². The minimum Gasteiger partial charge on any atom is -0.375 e. The Kier molecular flexibility index (Phi) is 4.24. The molecule has 1 aromatic carbocycles. The van der Waals surface area contributed by atoms with Gasteiger partial charge in [0.2, 0.25) is 0 Å². The Hall–Kier alpha value is -2.50. The Morgan fingerprint density at radius 1 is 1.35 bits per heavy atom. The van der Waals surface area contributed by atoms with Gasteiger partial charge in [0.1, 0.15) is 17.7 Å². The van der Waals surface area contributed by atoms with Crippen molar-refractivity contribution in [1.82, 2.24) is 4.98 Å². The average Bonchev–Trinajstić information content (AvgIpc) is 2.41. The summed E-state index contributed by atoms with van der Waals surface area (Å²) >= 11 is 0. The van der Waals surface area contributed by atoms with Gasteiger partial charge in [-0.15, -0.1) is 0 Å². The summed E-state index contributed by atoms with van der Waals surface area (Å²) in [7, 11) is 0. The Morgan fingerprint density at radius 2 is 2.05 bits per heavy atom. The molecule has 0 amide bonds. The van der Waals surface area contributed by atoms with Gasteiger partial charge in [-0.1, -0.05) is 12.1 Å². The Bertz CT molecular complexity index is 602. The molecule has 0 bridgehead atoms. The van der Waals surface area contributed by atoms with Crippen molar-refractivity contribution in [3.8, 4) is 0 Å². The van der Waals surface area contributed by atoms with Crippen molar-refractivity contribution < 1.29 is 9.31 Å². The lowest BCUT2D eigenvalue weighted by atomic mass is 10.1. The molecule has 0 saturated heterocycles. The van der Waals surface area contributed by atoms with Crippen LogP contribution in [0.25, 0.3) is 0 Å². The van der Waals surface area contributed by atoms with Crippen molar-refractivity contribution >= 4 is 11.5 Å². The molecule has 0 aliphatic rings. The first kappa shape index (κ1) is 13.9. The molecular weight excluding hydrogens is 261 g/mol. The number of anilines is 1. The lowest BCUT2D eigenvalue weighted by Gasteiger charge is -2.14. The van der Waals surface area contributed by atoms with Crippen LogP contribution in [0.15, 0.2) is 42.6 Å². The maximum atomic E-state index is 12.8. The van der Waals surface area contributed by atoms with Crippen LogP contribution >= 0.6 is 0 Å². The number of nitrogens with zero attached hydrogens (tertiary/aromatic N) is 2. The van der Waals surface area contributed by atoms with Crippen molar-refractivity contribution in [3.63, 3.8) is 0 Å². The van der Waals surface area contributed by atoms with E-state index in [1.54, 1.807) is 24.3 Å². The first-order valence-electron chi connectivity index (χ1n) is 6.16. The molecule has 1 aromatic heterocycles. The molecule has 0 saturated carbocycles. The molecule has 20 heavy (non-hydrogen) atoms. The highest BCUT2D eigenvalue weighted by Crippen LogP contribution is 2.21. The zero-order valence-corrected chi connectivity index (χ0v) is 10.9. The molecule has 2 rings (SSSR count). The van der Waals surface area contributed by atoms with E-state index >= 15 is 0 Å². The third-order valence-electron chi connectivity index (χ3n) is 2.82. The SMILES string of the molecule is CC(Cc1ccc(F)cc1)Nc1cccnc1[N+](=O)[O-]. The van der Waals surface area contributed by atoms with Gasteiger partial charge in [-0.2, -0.15) is 0 Å². The normalized spacial score (nSPS) is 11.9. The number of halogens is 1. The summed E-state index contributed by atoms with van der Waals surface area (Å²) in [6.07, 6.45) is 2.01. The number of hydrogen-bond acceptors (Lipinski definition) is 4. The van der Waals surface area contributed by atoms with Gasteiger partial charge in [-0.25, -0.2) is 4.39 Å². The van der Waals surface area contributed by atoms with E-state index in [0.717, 1.165) is 5.56 Å². The molecule has 1 N–H and O–H groups in total. The third kappa shape index (κ3) is 3.50. The standard InChI is InChI=1S/C14H14FN3O2/c1-10(9-11-4-6-12(15)7-5-11)17-13-3-2-8-16-14(13)18(19)20/h2-8,10,17H,9H2,1H3. The van der Waals surface area contributed by atoms with Crippen LogP contribution in [0.4, 0.5) is 15.9 Å². The molecule has 0 spiro atoms. The van der Waals surface area contributed by atoms with Crippen molar-refractivity contribution in [3.05, 3.63) is 64.1 Å². The summed E-state index contributed by atoms with van der Waals surface area (Å²) in [5, 5.41) is 13.9. The second-order valence-corrected chi connectivity index (χ2v) is 4.51. The van der Waals surface area contributed by atoms with Crippen LogP contribution in [0.5, 0.6) is 0 Å². The summed E-state index contributed by atoms with van der Waals surface area (Å²) in [5.74, 6) is -0.476. The minimum atomic E-state index is -0.521. The smallest absolute Gasteiger partial charge is 0.375 e. The molecule has 0 aliphatic heterocycles. The number of pyridine rings is 1. The maximum absolute atomic E-state index is 12.8. The van der Waals surface area contributed by atoms with Crippen LogP contribution < -0.4 is 5.32 Å². The predicted octanol–water partition coefficient (Wildman–Crippen LogP) is 3.17. The molecular formula is C14H14FN3O2. The predicted molar refractivity (Wildman–Crippen MR) is 74.1 cm³/mol. The fraction of sp³-hybridized carbons (Fsp3) is 0.214. The molecule has 5 nitrogen and oxygen atoms in total. The highest BCUT2D eigenvalue weighted by atomic mass is 19.1. The number of nitrogens with one attached hydrogen (secondary N) is 1. The van der Waals surface area contributed by atoms with E-state index in [1.165, 1.54) is 18.3 Å².